The van der Waals surface area contributed by atoms with Gasteiger partial charge >= 0.3 is 0 Å². The largest absolute Gasteiger partial charge is 0.321 e. The second-order valence-electron chi connectivity index (χ2n) is 4.35. The molecule has 1 N–H and O–H groups in total. The molecule has 0 radical (unpaired) electrons. The first-order valence-corrected chi connectivity index (χ1v) is 7.18. The quantitative estimate of drug-likeness (QED) is 0.699. The number of hydrogen-bond acceptors (Lipinski definition) is 2. The Labute approximate surface area is 128 Å². The van der Waals surface area contributed by atoms with E-state index in [2.05, 4.69) is 5.32 Å². The standard InChI is InChI=1S/C15H8ClF2NOS/c16-13-11-5-4-9(18)7-12(11)21-14(13)15(20)19-10-3-1-2-8(17)6-10/h1-7H,(H,19,20). The van der Waals surface area contributed by atoms with Crippen molar-refractivity contribution < 1.29 is 13.6 Å². The number of carbonyl (C=O) groups excluding carboxylic acids is 1. The van der Waals surface area contributed by atoms with Gasteiger partial charge in [-0.2, -0.15) is 0 Å². The third kappa shape index (κ3) is 2.75. The van der Waals surface area contributed by atoms with Gasteiger partial charge in [-0.1, -0.05) is 17.7 Å². The first-order valence-electron chi connectivity index (χ1n) is 5.99. The molecule has 0 saturated carbocycles. The molecule has 106 valence electrons. The highest BCUT2D eigenvalue weighted by atomic mass is 35.5. The molecule has 0 aliphatic carbocycles. The Balaban J connectivity index is 1.96. The van der Waals surface area contributed by atoms with Crippen LogP contribution in [0.2, 0.25) is 5.02 Å². The number of nitrogens with one attached hydrogen (secondary N) is 1. The predicted octanol–water partition coefficient (Wildman–Crippen LogP) is 5.09. The van der Waals surface area contributed by atoms with E-state index in [4.69, 9.17) is 11.6 Å². The molecule has 0 spiro atoms. The summed E-state index contributed by atoms with van der Waals surface area (Å²) in [5.41, 5.74) is 0.333. The molecule has 1 heterocycles. The van der Waals surface area contributed by atoms with E-state index in [1.165, 1.54) is 36.4 Å². The molecule has 6 heteroatoms. The van der Waals surface area contributed by atoms with Crippen molar-refractivity contribution in [3.05, 3.63) is 64.0 Å². The van der Waals surface area contributed by atoms with Crippen molar-refractivity contribution in [3.8, 4) is 0 Å². The summed E-state index contributed by atoms with van der Waals surface area (Å²) in [5.74, 6) is -1.29. The second kappa shape index (κ2) is 5.42. The van der Waals surface area contributed by atoms with Gasteiger partial charge in [0, 0.05) is 15.8 Å². The van der Waals surface area contributed by atoms with Gasteiger partial charge in [-0.05, 0) is 36.4 Å². The molecule has 2 aromatic carbocycles. The maximum atomic E-state index is 13.2. The Morgan fingerprint density at radius 1 is 1.10 bits per heavy atom. The fourth-order valence-electron chi connectivity index (χ4n) is 1.94. The lowest BCUT2D eigenvalue weighted by atomic mass is 10.2. The van der Waals surface area contributed by atoms with E-state index < -0.39 is 17.5 Å². The zero-order valence-corrected chi connectivity index (χ0v) is 12.1. The molecule has 2 nitrogen and oxygen atoms in total. The first kappa shape index (κ1) is 14.0. The van der Waals surface area contributed by atoms with Gasteiger partial charge in [0.1, 0.15) is 16.5 Å². The van der Waals surface area contributed by atoms with Crippen LogP contribution in [-0.2, 0) is 0 Å². The van der Waals surface area contributed by atoms with Crippen molar-refractivity contribution in [1.29, 1.82) is 0 Å². The highest BCUT2D eigenvalue weighted by Crippen LogP contribution is 2.36. The Morgan fingerprint density at radius 2 is 1.86 bits per heavy atom. The molecule has 0 aliphatic heterocycles. The summed E-state index contributed by atoms with van der Waals surface area (Å²) < 4.78 is 26.9. The third-order valence-electron chi connectivity index (χ3n) is 2.88. The number of thiophene rings is 1. The summed E-state index contributed by atoms with van der Waals surface area (Å²) in [6.45, 7) is 0. The first-order chi connectivity index (χ1) is 10.0. The van der Waals surface area contributed by atoms with Crippen LogP contribution in [0.1, 0.15) is 9.67 Å². The molecule has 1 amide bonds. The number of amides is 1. The van der Waals surface area contributed by atoms with E-state index in [0.29, 0.717) is 15.8 Å². The van der Waals surface area contributed by atoms with Crippen LogP contribution in [0.5, 0.6) is 0 Å². The molecule has 0 bridgehead atoms. The average Bonchev–Trinajstić information content (AvgIpc) is 2.75. The van der Waals surface area contributed by atoms with Crippen molar-refractivity contribution in [3.63, 3.8) is 0 Å². The van der Waals surface area contributed by atoms with Crippen LogP contribution in [0.4, 0.5) is 14.5 Å². The molecule has 0 aliphatic rings. The third-order valence-corrected chi connectivity index (χ3v) is 4.54. The second-order valence-corrected chi connectivity index (χ2v) is 5.78. The van der Waals surface area contributed by atoms with Gasteiger partial charge < -0.3 is 5.32 Å². The van der Waals surface area contributed by atoms with Gasteiger partial charge in [-0.15, -0.1) is 11.3 Å². The lowest BCUT2D eigenvalue weighted by Crippen LogP contribution is -2.10. The average molecular weight is 324 g/mol. The van der Waals surface area contributed by atoms with Crippen molar-refractivity contribution in [1.82, 2.24) is 0 Å². The van der Waals surface area contributed by atoms with Crippen molar-refractivity contribution >= 4 is 44.6 Å². The molecule has 1 aromatic heterocycles. The van der Waals surface area contributed by atoms with Crippen LogP contribution in [0.3, 0.4) is 0 Å². The van der Waals surface area contributed by atoms with Crippen molar-refractivity contribution in [2.45, 2.75) is 0 Å². The van der Waals surface area contributed by atoms with E-state index in [-0.39, 0.29) is 9.90 Å². The fourth-order valence-corrected chi connectivity index (χ4v) is 3.38. The summed E-state index contributed by atoms with van der Waals surface area (Å²) in [7, 11) is 0. The maximum Gasteiger partial charge on any atom is 0.267 e. The van der Waals surface area contributed by atoms with Gasteiger partial charge in [0.2, 0.25) is 0 Å². The number of fused-ring (bicyclic) bond motifs is 1. The lowest BCUT2D eigenvalue weighted by molar-refractivity contribution is 0.103. The zero-order chi connectivity index (χ0) is 15.0. The topological polar surface area (TPSA) is 29.1 Å². The SMILES string of the molecule is O=C(Nc1cccc(F)c1)c1sc2cc(F)ccc2c1Cl. The van der Waals surface area contributed by atoms with Crippen LogP contribution >= 0.6 is 22.9 Å². The number of halogens is 3. The molecule has 0 saturated heterocycles. The highest BCUT2D eigenvalue weighted by molar-refractivity contribution is 7.21. The summed E-state index contributed by atoms with van der Waals surface area (Å²) in [5, 5.41) is 3.45. The van der Waals surface area contributed by atoms with Crippen LogP contribution in [-0.4, -0.2) is 5.91 Å². The molecular weight excluding hydrogens is 316 g/mol. The normalized spacial score (nSPS) is 10.8. The monoisotopic (exact) mass is 323 g/mol. The maximum absolute atomic E-state index is 13.2. The summed E-state index contributed by atoms with van der Waals surface area (Å²) >= 11 is 7.25. The van der Waals surface area contributed by atoms with Gasteiger partial charge in [-0.3, -0.25) is 4.79 Å². The summed E-state index contributed by atoms with van der Waals surface area (Å²) in [6.07, 6.45) is 0. The van der Waals surface area contributed by atoms with Crippen molar-refractivity contribution in [2.75, 3.05) is 5.32 Å². The van der Waals surface area contributed by atoms with Crippen LogP contribution in [0.25, 0.3) is 10.1 Å². The van der Waals surface area contributed by atoms with Crippen LogP contribution in [0.15, 0.2) is 42.5 Å². The van der Waals surface area contributed by atoms with Gasteiger partial charge in [0.25, 0.3) is 5.91 Å². The zero-order valence-electron chi connectivity index (χ0n) is 10.5. The smallest absolute Gasteiger partial charge is 0.267 e. The number of hydrogen-bond donors (Lipinski definition) is 1. The van der Waals surface area contributed by atoms with Crippen LogP contribution < -0.4 is 5.32 Å². The minimum atomic E-state index is -0.452. The van der Waals surface area contributed by atoms with E-state index in [9.17, 15) is 13.6 Å². The minimum Gasteiger partial charge on any atom is -0.321 e. The molecule has 3 rings (SSSR count). The number of rotatable bonds is 2. The Morgan fingerprint density at radius 3 is 2.62 bits per heavy atom. The van der Waals surface area contributed by atoms with E-state index in [1.807, 2.05) is 0 Å². The van der Waals surface area contributed by atoms with Gasteiger partial charge in [0.05, 0.1) is 5.02 Å². The number of carbonyl (C=O) groups is 1. The highest BCUT2D eigenvalue weighted by Gasteiger charge is 2.17. The van der Waals surface area contributed by atoms with Crippen LogP contribution in [0, 0.1) is 11.6 Å². The number of anilines is 1. The Hall–Kier alpha value is -1.98. The van der Waals surface area contributed by atoms with Gasteiger partial charge in [-0.25, -0.2) is 8.78 Å². The molecule has 0 fully saturated rings. The molecule has 0 atom stereocenters. The van der Waals surface area contributed by atoms with E-state index >= 15 is 0 Å². The van der Waals surface area contributed by atoms with Gasteiger partial charge in [0.15, 0.2) is 0 Å². The summed E-state index contributed by atoms with van der Waals surface area (Å²) in [4.78, 5) is 12.5. The summed E-state index contributed by atoms with van der Waals surface area (Å²) in [6, 6.07) is 9.70. The van der Waals surface area contributed by atoms with Crippen molar-refractivity contribution in [2.24, 2.45) is 0 Å². The van der Waals surface area contributed by atoms with E-state index in [0.717, 1.165) is 11.3 Å². The molecule has 0 unspecified atom stereocenters. The number of benzene rings is 2. The minimum absolute atomic E-state index is 0.265. The molecule has 21 heavy (non-hydrogen) atoms. The lowest BCUT2D eigenvalue weighted by Gasteiger charge is -2.03. The van der Waals surface area contributed by atoms with E-state index in [1.54, 1.807) is 6.07 Å². The Bertz CT molecular complexity index is 847. The fraction of sp³-hybridized carbons (Fsp3) is 0. The Kier molecular flexibility index (Phi) is 3.61. The molecular formula is C15H8ClF2NOS. The molecule has 3 aromatic rings. The predicted molar refractivity (Wildman–Crippen MR) is 81.1 cm³/mol.